The summed E-state index contributed by atoms with van der Waals surface area (Å²) in [5.41, 5.74) is -0.715. The quantitative estimate of drug-likeness (QED) is 0.448. The van der Waals surface area contributed by atoms with Crippen LogP contribution in [0.5, 0.6) is 0 Å². The number of halogens is 1. The highest BCUT2D eigenvalue weighted by Crippen LogP contribution is 2.18. The minimum absolute atomic E-state index is 0.264. The average Bonchev–Trinajstić information content (AvgIpc) is 2.13. The Balaban J connectivity index is 2.38. The molecule has 1 saturated heterocycles. The van der Waals surface area contributed by atoms with Crippen LogP contribution in [0.3, 0.4) is 0 Å². The second kappa shape index (κ2) is 3.07. The van der Waals surface area contributed by atoms with Crippen LogP contribution >= 0.6 is 11.6 Å². The largest absolute Gasteiger partial charge is 0.510 e. The number of carbonyl (C=O) groups is 1. The molecule has 0 bridgehead atoms. The zero-order valence-electron chi connectivity index (χ0n) is 5.37. The lowest BCUT2D eigenvalue weighted by Crippen LogP contribution is -2.22. The minimum atomic E-state index is -0.734. The van der Waals surface area contributed by atoms with E-state index in [-0.39, 0.29) is 6.61 Å². The summed E-state index contributed by atoms with van der Waals surface area (Å²) in [5.74, 6) is 0. The first-order valence-electron chi connectivity index (χ1n) is 2.74. The molecule has 0 amide bonds. The van der Waals surface area contributed by atoms with E-state index in [0.717, 1.165) is 0 Å². The number of hydrogen-bond acceptors (Lipinski definition) is 4. The molecule has 1 aliphatic rings. The first kappa shape index (κ1) is 7.63. The van der Waals surface area contributed by atoms with Crippen LogP contribution in [0, 0.1) is 0 Å². The second-order valence-corrected chi connectivity index (χ2v) is 2.26. The van der Waals surface area contributed by atoms with E-state index in [4.69, 9.17) is 16.3 Å². The molecule has 1 fully saturated rings. The number of carbonyl (C=O) groups excluding carboxylic acids is 1. The fourth-order valence-corrected chi connectivity index (χ4v) is 0.844. The molecule has 0 radical (unpaired) electrons. The predicted molar refractivity (Wildman–Crippen MR) is 32.9 cm³/mol. The number of methoxy groups -OCH3 is 1. The molecule has 58 valence electrons. The number of hydrogen-bond donors (Lipinski definition) is 0. The van der Waals surface area contributed by atoms with Crippen molar-refractivity contribution in [2.45, 2.75) is 11.7 Å². The summed E-state index contributed by atoms with van der Waals surface area (Å²) in [6.45, 7) is 0.264. The van der Waals surface area contributed by atoms with Gasteiger partial charge >= 0.3 is 6.16 Å². The number of alkyl halides is 1. The Bertz CT molecular complexity index is 138. The van der Waals surface area contributed by atoms with E-state index in [2.05, 4.69) is 9.47 Å². The molecule has 0 N–H and O–H groups in total. The fraction of sp³-hybridized carbons (Fsp3) is 0.800. The van der Waals surface area contributed by atoms with E-state index in [1.54, 1.807) is 0 Å². The van der Waals surface area contributed by atoms with Crippen LogP contribution in [0.1, 0.15) is 0 Å². The minimum Gasteiger partial charge on any atom is -0.423 e. The van der Waals surface area contributed by atoms with Gasteiger partial charge in [-0.05, 0) is 0 Å². The molecule has 2 atom stereocenters. The summed E-state index contributed by atoms with van der Waals surface area (Å²) in [7, 11) is 1.50. The Morgan fingerprint density at radius 1 is 1.70 bits per heavy atom. The Morgan fingerprint density at radius 2 is 2.40 bits per heavy atom. The van der Waals surface area contributed by atoms with Crippen LogP contribution in [-0.4, -0.2) is 31.5 Å². The van der Waals surface area contributed by atoms with Crippen LogP contribution in [0.4, 0.5) is 4.79 Å². The predicted octanol–water partition coefficient (Wildman–Crippen LogP) is 0.733. The first-order chi connectivity index (χ1) is 4.74. The standard InChI is InChI=1S/C5H7ClO4/c1-8-2-3-4(6)10-5(7)9-3/h3-4H,2H2,1H3. The zero-order valence-corrected chi connectivity index (χ0v) is 6.13. The van der Waals surface area contributed by atoms with Crippen LogP contribution in [0.25, 0.3) is 0 Å². The fourth-order valence-electron chi connectivity index (χ4n) is 0.647. The Hall–Kier alpha value is -0.480. The van der Waals surface area contributed by atoms with Crippen molar-refractivity contribution in [3.63, 3.8) is 0 Å². The number of ether oxygens (including phenoxy) is 3. The van der Waals surface area contributed by atoms with E-state index < -0.39 is 17.8 Å². The summed E-state index contributed by atoms with van der Waals surface area (Å²) in [6.07, 6.45) is -1.21. The van der Waals surface area contributed by atoms with Gasteiger partial charge in [0.05, 0.1) is 6.61 Å². The molecule has 0 aromatic rings. The molecule has 5 heteroatoms. The molecule has 1 heterocycles. The molecular weight excluding hydrogens is 160 g/mol. The van der Waals surface area contributed by atoms with Crippen molar-refractivity contribution in [3.05, 3.63) is 0 Å². The average molecular weight is 167 g/mol. The third-order valence-corrected chi connectivity index (χ3v) is 1.45. The van der Waals surface area contributed by atoms with Gasteiger partial charge in [-0.15, -0.1) is 0 Å². The molecular formula is C5H7ClO4. The Labute approximate surface area is 63.0 Å². The molecule has 0 spiro atoms. The molecule has 0 aliphatic carbocycles. The van der Waals surface area contributed by atoms with Gasteiger partial charge < -0.3 is 14.2 Å². The van der Waals surface area contributed by atoms with Gasteiger partial charge in [0.25, 0.3) is 0 Å². The summed E-state index contributed by atoms with van der Waals surface area (Å²) in [4.78, 5) is 10.4. The molecule has 0 saturated carbocycles. The molecule has 10 heavy (non-hydrogen) atoms. The van der Waals surface area contributed by atoms with E-state index in [9.17, 15) is 4.79 Å². The normalized spacial score (nSPS) is 31.6. The van der Waals surface area contributed by atoms with Gasteiger partial charge in [0.1, 0.15) is 0 Å². The van der Waals surface area contributed by atoms with E-state index >= 15 is 0 Å². The smallest absolute Gasteiger partial charge is 0.423 e. The first-order valence-corrected chi connectivity index (χ1v) is 3.18. The maximum Gasteiger partial charge on any atom is 0.510 e. The highest BCUT2D eigenvalue weighted by Gasteiger charge is 2.34. The molecule has 1 rings (SSSR count). The van der Waals surface area contributed by atoms with E-state index in [1.165, 1.54) is 7.11 Å². The van der Waals surface area contributed by atoms with Crippen LogP contribution in [0.15, 0.2) is 0 Å². The third kappa shape index (κ3) is 1.52. The van der Waals surface area contributed by atoms with Gasteiger partial charge in [0, 0.05) is 7.11 Å². The molecule has 1 aliphatic heterocycles. The lowest BCUT2D eigenvalue weighted by Gasteiger charge is -2.06. The summed E-state index contributed by atoms with van der Waals surface area (Å²) in [5, 5.41) is 0. The van der Waals surface area contributed by atoms with E-state index in [1.807, 2.05) is 0 Å². The van der Waals surface area contributed by atoms with Crippen molar-refractivity contribution in [2.24, 2.45) is 0 Å². The lowest BCUT2D eigenvalue weighted by atomic mass is 10.4. The molecule has 4 nitrogen and oxygen atoms in total. The van der Waals surface area contributed by atoms with Crippen molar-refractivity contribution in [1.29, 1.82) is 0 Å². The van der Waals surface area contributed by atoms with Crippen LogP contribution in [-0.2, 0) is 14.2 Å². The van der Waals surface area contributed by atoms with Crippen LogP contribution < -0.4 is 0 Å². The van der Waals surface area contributed by atoms with Gasteiger partial charge in [-0.25, -0.2) is 4.79 Å². The Kier molecular flexibility index (Phi) is 2.34. The van der Waals surface area contributed by atoms with Crippen LogP contribution in [0.2, 0.25) is 0 Å². The van der Waals surface area contributed by atoms with Crippen molar-refractivity contribution in [1.82, 2.24) is 0 Å². The lowest BCUT2D eigenvalue weighted by molar-refractivity contribution is 0.0677. The molecule has 0 aromatic carbocycles. The zero-order chi connectivity index (χ0) is 7.56. The maximum absolute atomic E-state index is 10.4. The number of cyclic esters (lactones) is 2. The topological polar surface area (TPSA) is 44.8 Å². The molecule has 2 unspecified atom stereocenters. The summed E-state index contributed by atoms with van der Waals surface area (Å²) in [6, 6.07) is 0. The number of rotatable bonds is 2. The summed E-state index contributed by atoms with van der Waals surface area (Å²) >= 11 is 5.50. The van der Waals surface area contributed by atoms with Gasteiger partial charge in [0.15, 0.2) is 6.10 Å². The maximum atomic E-state index is 10.4. The second-order valence-electron chi connectivity index (χ2n) is 1.83. The van der Waals surface area contributed by atoms with Crippen molar-refractivity contribution in [3.8, 4) is 0 Å². The summed E-state index contributed by atoms with van der Waals surface area (Å²) < 4.78 is 13.7. The SMILES string of the molecule is COCC1OC(=O)OC1Cl. The highest BCUT2D eigenvalue weighted by atomic mass is 35.5. The monoisotopic (exact) mass is 166 g/mol. The Morgan fingerprint density at radius 3 is 2.80 bits per heavy atom. The van der Waals surface area contributed by atoms with Crippen molar-refractivity contribution >= 4 is 17.8 Å². The van der Waals surface area contributed by atoms with Gasteiger partial charge in [-0.2, -0.15) is 0 Å². The highest BCUT2D eigenvalue weighted by molar-refractivity contribution is 6.21. The van der Waals surface area contributed by atoms with Crippen molar-refractivity contribution in [2.75, 3.05) is 13.7 Å². The van der Waals surface area contributed by atoms with Gasteiger partial charge in [-0.1, -0.05) is 11.6 Å². The van der Waals surface area contributed by atoms with Gasteiger partial charge in [-0.3, -0.25) is 0 Å². The van der Waals surface area contributed by atoms with Gasteiger partial charge in [0.2, 0.25) is 5.56 Å². The van der Waals surface area contributed by atoms with E-state index in [0.29, 0.717) is 0 Å². The molecule has 0 aromatic heterocycles. The third-order valence-electron chi connectivity index (χ3n) is 1.08. The van der Waals surface area contributed by atoms with Crippen molar-refractivity contribution < 1.29 is 19.0 Å².